The van der Waals surface area contributed by atoms with E-state index in [2.05, 4.69) is 31.0 Å². The SMILES string of the molecule is CN(C)CCc1noc(-c2ccc(Br)c(O)c2)n1. The molecule has 0 radical (unpaired) electrons. The van der Waals surface area contributed by atoms with Crippen LogP contribution in [0.3, 0.4) is 0 Å². The Morgan fingerprint density at radius 3 is 2.83 bits per heavy atom. The zero-order valence-electron chi connectivity index (χ0n) is 10.2. The summed E-state index contributed by atoms with van der Waals surface area (Å²) in [4.78, 5) is 6.35. The van der Waals surface area contributed by atoms with Gasteiger partial charge in [0.25, 0.3) is 5.89 Å². The molecule has 1 N–H and O–H groups in total. The molecule has 96 valence electrons. The van der Waals surface area contributed by atoms with Gasteiger partial charge in [-0.05, 0) is 48.2 Å². The second-order valence-corrected chi connectivity index (χ2v) is 5.09. The number of rotatable bonds is 4. The maximum atomic E-state index is 9.60. The van der Waals surface area contributed by atoms with E-state index in [0.717, 1.165) is 13.0 Å². The van der Waals surface area contributed by atoms with Gasteiger partial charge in [0.2, 0.25) is 0 Å². The van der Waals surface area contributed by atoms with Gasteiger partial charge < -0.3 is 14.5 Å². The largest absolute Gasteiger partial charge is 0.507 e. The van der Waals surface area contributed by atoms with Crippen LogP contribution in [-0.2, 0) is 6.42 Å². The number of phenolic OH excluding ortho intramolecular Hbond substituents is 1. The average molecular weight is 312 g/mol. The van der Waals surface area contributed by atoms with Gasteiger partial charge in [-0.3, -0.25) is 0 Å². The molecule has 6 heteroatoms. The predicted molar refractivity (Wildman–Crippen MR) is 71.4 cm³/mol. The molecular formula is C12H14BrN3O2. The minimum absolute atomic E-state index is 0.153. The Hall–Kier alpha value is -1.40. The molecule has 0 bridgehead atoms. The van der Waals surface area contributed by atoms with Gasteiger partial charge in [-0.1, -0.05) is 5.16 Å². The lowest BCUT2D eigenvalue weighted by Gasteiger charge is -2.05. The van der Waals surface area contributed by atoms with E-state index in [1.165, 1.54) is 0 Å². The van der Waals surface area contributed by atoms with Crippen molar-refractivity contribution < 1.29 is 9.63 Å². The Morgan fingerprint density at radius 1 is 1.39 bits per heavy atom. The van der Waals surface area contributed by atoms with Gasteiger partial charge in [-0.2, -0.15) is 4.98 Å². The number of phenols is 1. The molecule has 2 rings (SSSR count). The first kappa shape index (κ1) is 13.0. The number of hydrogen-bond acceptors (Lipinski definition) is 5. The Balaban J connectivity index is 2.16. The summed E-state index contributed by atoms with van der Waals surface area (Å²) in [5, 5.41) is 13.5. The Labute approximate surface area is 114 Å². The molecular weight excluding hydrogens is 298 g/mol. The van der Waals surface area contributed by atoms with Crippen molar-refractivity contribution in [2.24, 2.45) is 0 Å². The molecule has 1 heterocycles. The fourth-order valence-corrected chi connectivity index (χ4v) is 1.69. The Bertz CT molecular complexity index is 540. The third-order valence-electron chi connectivity index (χ3n) is 2.44. The highest BCUT2D eigenvalue weighted by molar-refractivity contribution is 9.10. The van der Waals surface area contributed by atoms with E-state index in [-0.39, 0.29) is 5.75 Å². The van der Waals surface area contributed by atoms with Crippen molar-refractivity contribution in [3.8, 4) is 17.2 Å². The van der Waals surface area contributed by atoms with E-state index in [1.807, 2.05) is 20.2 Å². The predicted octanol–water partition coefficient (Wildman–Crippen LogP) is 2.31. The highest BCUT2D eigenvalue weighted by Gasteiger charge is 2.10. The number of nitrogens with zero attached hydrogens (tertiary/aromatic N) is 3. The topological polar surface area (TPSA) is 62.4 Å². The second-order valence-electron chi connectivity index (χ2n) is 4.24. The first-order chi connectivity index (χ1) is 8.56. The number of likely N-dealkylation sites (N-methyl/N-ethyl adjacent to an activating group) is 1. The van der Waals surface area contributed by atoms with Crippen molar-refractivity contribution in [3.05, 3.63) is 28.5 Å². The third kappa shape index (κ3) is 3.08. The molecule has 2 aromatic rings. The van der Waals surface area contributed by atoms with Gasteiger partial charge in [0, 0.05) is 18.5 Å². The van der Waals surface area contributed by atoms with Crippen LogP contribution in [0.4, 0.5) is 0 Å². The van der Waals surface area contributed by atoms with E-state index >= 15 is 0 Å². The van der Waals surface area contributed by atoms with Crippen molar-refractivity contribution >= 4 is 15.9 Å². The first-order valence-electron chi connectivity index (χ1n) is 5.52. The summed E-state index contributed by atoms with van der Waals surface area (Å²) in [6.07, 6.45) is 0.735. The number of halogens is 1. The Kier molecular flexibility index (Phi) is 3.98. The van der Waals surface area contributed by atoms with Crippen molar-refractivity contribution in [3.63, 3.8) is 0 Å². The smallest absolute Gasteiger partial charge is 0.258 e. The molecule has 0 fully saturated rings. The molecule has 0 saturated carbocycles. The zero-order valence-corrected chi connectivity index (χ0v) is 11.8. The van der Waals surface area contributed by atoms with E-state index in [1.54, 1.807) is 12.1 Å². The molecule has 1 aromatic carbocycles. The second kappa shape index (κ2) is 5.49. The first-order valence-corrected chi connectivity index (χ1v) is 6.32. The van der Waals surface area contributed by atoms with Gasteiger partial charge in [0.15, 0.2) is 5.82 Å². The fourth-order valence-electron chi connectivity index (χ4n) is 1.44. The van der Waals surface area contributed by atoms with Gasteiger partial charge in [-0.15, -0.1) is 0 Å². The van der Waals surface area contributed by atoms with E-state index in [9.17, 15) is 5.11 Å². The van der Waals surface area contributed by atoms with Gasteiger partial charge >= 0.3 is 0 Å². The summed E-state index contributed by atoms with van der Waals surface area (Å²) < 4.78 is 5.81. The molecule has 0 spiro atoms. The molecule has 18 heavy (non-hydrogen) atoms. The van der Waals surface area contributed by atoms with E-state index in [4.69, 9.17) is 4.52 Å². The van der Waals surface area contributed by atoms with Crippen LogP contribution in [0.1, 0.15) is 5.82 Å². The highest BCUT2D eigenvalue weighted by Crippen LogP contribution is 2.28. The van der Waals surface area contributed by atoms with Crippen LogP contribution in [0.2, 0.25) is 0 Å². The maximum Gasteiger partial charge on any atom is 0.258 e. The molecule has 0 atom stereocenters. The Morgan fingerprint density at radius 2 is 2.17 bits per heavy atom. The lowest BCUT2D eigenvalue weighted by Crippen LogP contribution is -2.15. The quantitative estimate of drug-likeness (QED) is 0.938. The van der Waals surface area contributed by atoms with Crippen LogP contribution in [-0.4, -0.2) is 40.8 Å². The van der Waals surface area contributed by atoms with Crippen LogP contribution in [0.15, 0.2) is 27.2 Å². The fraction of sp³-hybridized carbons (Fsp3) is 0.333. The summed E-state index contributed by atoms with van der Waals surface area (Å²) in [7, 11) is 3.99. The van der Waals surface area contributed by atoms with Crippen molar-refractivity contribution in [2.75, 3.05) is 20.6 Å². The van der Waals surface area contributed by atoms with Crippen LogP contribution >= 0.6 is 15.9 Å². The average Bonchev–Trinajstić information content (AvgIpc) is 2.79. The van der Waals surface area contributed by atoms with Gasteiger partial charge in [-0.25, -0.2) is 0 Å². The summed E-state index contributed by atoms with van der Waals surface area (Å²) in [6.45, 7) is 0.866. The number of hydrogen-bond donors (Lipinski definition) is 1. The lowest BCUT2D eigenvalue weighted by atomic mass is 10.2. The van der Waals surface area contributed by atoms with Crippen molar-refractivity contribution in [1.82, 2.24) is 15.0 Å². The van der Waals surface area contributed by atoms with E-state index < -0.39 is 0 Å². The van der Waals surface area contributed by atoms with Crippen molar-refractivity contribution in [2.45, 2.75) is 6.42 Å². The third-order valence-corrected chi connectivity index (χ3v) is 3.11. The summed E-state index contributed by atoms with van der Waals surface area (Å²) in [5.41, 5.74) is 0.708. The standard InChI is InChI=1S/C12H14BrN3O2/c1-16(2)6-5-11-14-12(18-15-11)8-3-4-9(13)10(17)7-8/h3-4,7,17H,5-6H2,1-2H3. The normalized spacial score (nSPS) is 11.1. The number of aromatic hydroxyl groups is 1. The summed E-state index contributed by atoms with van der Waals surface area (Å²) in [5.74, 6) is 1.24. The zero-order chi connectivity index (χ0) is 13.1. The summed E-state index contributed by atoms with van der Waals surface area (Å²) >= 11 is 3.23. The van der Waals surface area contributed by atoms with Gasteiger partial charge in [0.1, 0.15) is 5.75 Å². The molecule has 1 aromatic heterocycles. The minimum atomic E-state index is 0.153. The molecule has 0 unspecified atom stereocenters. The highest BCUT2D eigenvalue weighted by atomic mass is 79.9. The maximum absolute atomic E-state index is 9.60. The van der Waals surface area contributed by atoms with Crippen LogP contribution < -0.4 is 0 Å². The number of benzene rings is 1. The lowest BCUT2D eigenvalue weighted by molar-refractivity contribution is 0.392. The minimum Gasteiger partial charge on any atom is -0.507 e. The van der Waals surface area contributed by atoms with Crippen molar-refractivity contribution in [1.29, 1.82) is 0 Å². The molecule has 0 amide bonds. The van der Waals surface area contributed by atoms with Gasteiger partial charge in [0.05, 0.1) is 4.47 Å². The molecule has 0 saturated heterocycles. The van der Waals surface area contributed by atoms with Crippen LogP contribution in [0, 0.1) is 0 Å². The monoisotopic (exact) mass is 311 g/mol. The molecule has 0 aliphatic carbocycles. The van der Waals surface area contributed by atoms with Crippen LogP contribution in [0.25, 0.3) is 11.5 Å². The molecule has 0 aliphatic heterocycles. The molecule has 5 nitrogen and oxygen atoms in total. The molecule has 0 aliphatic rings. The summed E-state index contributed by atoms with van der Waals surface area (Å²) in [6, 6.07) is 5.15. The van der Waals surface area contributed by atoms with E-state index in [0.29, 0.717) is 21.8 Å². The van der Waals surface area contributed by atoms with Crippen LogP contribution in [0.5, 0.6) is 5.75 Å². The number of aromatic nitrogens is 2.